The molecule has 1 aliphatic carbocycles. The van der Waals surface area contributed by atoms with Crippen LogP contribution in [-0.2, 0) is 6.42 Å². The molecule has 1 N–H and O–H groups in total. The van der Waals surface area contributed by atoms with E-state index < -0.39 is 0 Å². The predicted molar refractivity (Wildman–Crippen MR) is 70.8 cm³/mol. The van der Waals surface area contributed by atoms with Gasteiger partial charge in [-0.15, -0.1) is 0 Å². The maximum absolute atomic E-state index is 12.1. The van der Waals surface area contributed by atoms with Crippen molar-refractivity contribution in [2.75, 3.05) is 0 Å². The number of aromatic nitrogens is 1. The summed E-state index contributed by atoms with van der Waals surface area (Å²) in [6, 6.07) is 9.95. The lowest BCUT2D eigenvalue weighted by molar-refractivity contribution is 0.0889. The monoisotopic (exact) mass is 256 g/mol. The van der Waals surface area contributed by atoms with Crippen LogP contribution in [0.3, 0.4) is 0 Å². The van der Waals surface area contributed by atoms with Crippen LogP contribution in [0.1, 0.15) is 40.3 Å². The molecule has 1 aromatic heterocycles. The van der Waals surface area contributed by atoms with Crippen LogP contribution in [0.5, 0.6) is 0 Å². The highest BCUT2D eigenvalue weighted by Gasteiger charge is 2.31. The van der Waals surface area contributed by atoms with E-state index in [-0.39, 0.29) is 17.7 Å². The molecule has 0 aliphatic heterocycles. The Morgan fingerprint density at radius 3 is 2.95 bits per heavy atom. The van der Waals surface area contributed by atoms with Gasteiger partial charge < -0.3 is 9.84 Å². The van der Waals surface area contributed by atoms with Crippen molar-refractivity contribution in [2.24, 2.45) is 5.92 Å². The summed E-state index contributed by atoms with van der Waals surface area (Å²) < 4.78 is 5.00. The van der Waals surface area contributed by atoms with E-state index in [1.54, 1.807) is 13.0 Å². The Morgan fingerprint density at radius 1 is 1.42 bits per heavy atom. The number of hydrogen-bond acceptors (Lipinski definition) is 3. The highest BCUT2D eigenvalue weighted by molar-refractivity contribution is 5.91. The molecule has 0 radical (unpaired) electrons. The minimum atomic E-state index is -0.200. The van der Waals surface area contributed by atoms with Crippen LogP contribution < -0.4 is 5.32 Å². The third-order valence-corrected chi connectivity index (χ3v) is 3.64. The molecule has 0 saturated heterocycles. The van der Waals surface area contributed by atoms with E-state index in [1.807, 2.05) is 12.1 Å². The van der Waals surface area contributed by atoms with Crippen molar-refractivity contribution in [1.29, 1.82) is 0 Å². The summed E-state index contributed by atoms with van der Waals surface area (Å²) >= 11 is 0. The Morgan fingerprint density at radius 2 is 2.21 bits per heavy atom. The maximum Gasteiger partial charge on any atom is 0.290 e. The van der Waals surface area contributed by atoms with Gasteiger partial charge in [0.1, 0.15) is 0 Å². The fourth-order valence-electron chi connectivity index (χ4n) is 2.70. The topological polar surface area (TPSA) is 55.1 Å². The fraction of sp³-hybridized carbons (Fsp3) is 0.333. The number of benzene rings is 1. The van der Waals surface area contributed by atoms with Crippen LogP contribution in [0.15, 0.2) is 34.9 Å². The van der Waals surface area contributed by atoms with Crippen molar-refractivity contribution in [1.82, 2.24) is 10.5 Å². The Kier molecular flexibility index (Phi) is 2.85. The van der Waals surface area contributed by atoms with Crippen molar-refractivity contribution in [2.45, 2.75) is 26.3 Å². The highest BCUT2D eigenvalue weighted by Crippen LogP contribution is 2.35. The zero-order valence-electron chi connectivity index (χ0n) is 11.0. The lowest BCUT2D eigenvalue weighted by Gasteiger charge is -2.17. The van der Waals surface area contributed by atoms with Gasteiger partial charge in [0.05, 0.1) is 11.7 Å². The molecule has 1 aliphatic rings. The second kappa shape index (κ2) is 4.53. The van der Waals surface area contributed by atoms with Crippen molar-refractivity contribution >= 4 is 5.91 Å². The van der Waals surface area contributed by atoms with Crippen molar-refractivity contribution < 1.29 is 9.32 Å². The standard InChI is InChI=1S/C15H16N2O2/c1-9-7-11-5-3-4-6-12(11)14(9)16-15(18)13-8-10(2)17-19-13/h3-6,8-9,14H,7H2,1-2H3,(H,16,18). The van der Waals surface area contributed by atoms with Gasteiger partial charge in [-0.25, -0.2) is 0 Å². The molecule has 3 rings (SSSR count). The summed E-state index contributed by atoms with van der Waals surface area (Å²) in [5.74, 6) is 0.466. The van der Waals surface area contributed by atoms with Gasteiger partial charge in [-0.3, -0.25) is 4.79 Å². The number of nitrogens with one attached hydrogen (secondary N) is 1. The van der Waals surface area contributed by atoms with Gasteiger partial charge in [0.2, 0.25) is 5.76 Å². The minimum Gasteiger partial charge on any atom is -0.351 e. The average molecular weight is 256 g/mol. The highest BCUT2D eigenvalue weighted by atomic mass is 16.5. The number of amides is 1. The van der Waals surface area contributed by atoms with Crippen LogP contribution in [0.25, 0.3) is 0 Å². The Balaban J connectivity index is 1.82. The quantitative estimate of drug-likeness (QED) is 0.898. The summed E-state index contributed by atoms with van der Waals surface area (Å²) in [5.41, 5.74) is 3.23. The molecule has 2 atom stereocenters. The molecule has 4 nitrogen and oxygen atoms in total. The first kappa shape index (κ1) is 12.0. The SMILES string of the molecule is Cc1cc(C(=O)NC2c3ccccc3CC2C)on1. The molecular formula is C15H16N2O2. The van der Waals surface area contributed by atoms with Crippen LogP contribution >= 0.6 is 0 Å². The summed E-state index contributed by atoms with van der Waals surface area (Å²) in [4.78, 5) is 12.1. The van der Waals surface area contributed by atoms with E-state index in [4.69, 9.17) is 4.52 Å². The van der Waals surface area contributed by atoms with Gasteiger partial charge >= 0.3 is 0 Å². The third kappa shape index (κ3) is 2.14. The molecule has 0 fully saturated rings. The second-order valence-electron chi connectivity index (χ2n) is 5.16. The maximum atomic E-state index is 12.1. The van der Waals surface area contributed by atoms with Gasteiger partial charge in [0.25, 0.3) is 5.91 Å². The van der Waals surface area contributed by atoms with E-state index in [9.17, 15) is 4.79 Å². The third-order valence-electron chi connectivity index (χ3n) is 3.64. The molecule has 2 aromatic rings. The summed E-state index contributed by atoms with van der Waals surface area (Å²) in [6.07, 6.45) is 0.997. The number of nitrogens with zero attached hydrogens (tertiary/aromatic N) is 1. The average Bonchev–Trinajstić information content (AvgIpc) is 2.95. The Labute approximate surface area is 111 Å². The number of carbonyl (C=O) groups excluding carboxylic acids is 1. The van der Waals surface area contributed by atoms with Crippen molar-refractivity contribution in [3.8, 4) is 0 Å². The summed E-state index contributed by atoms with van der Waals surface area (Å²) in [5, 5.41) is 6.78. The summed E-state index contributed by atoms with van der Waals surface area (Å²) in [7, 11) is 0. The molecule has 1 aromatic carbocycles. The largest absolute Gasteiger partial charge is 0.351 e. The lowest BCUT2D eigenvalue weighted by Crippen LogP contribution is -2.30. The van der Waals surface area contributed by atoms with E-state index in [0.29, 0.717) is 11.6 Å². The number of fused-ring (bicyclic) bond motifs is 1. The van der Waals surface area contributed by atoms with Crippen molar-refractivity contribution in [3.05, 3.63) is 52.9 Å². The molecule has 4 heteroatoms. The molecule has 2 unspecified atom stereocenters. The van der Waals surface area contributed by atoms with Gasteiger partial charge in [0, 0.05) is 6.07 Å². The van der Waals surface area contributed by atoms with E-state index in [0.717, 1.165) is 6.42 Å². The molecule has 19 heavy (non-hydrogen) atoms. The first-order valence-electron chi connectivity index (χ1n) is 6.47. The molecule has 0 saturated carbocycles. The van der Waals surface area contributed by atoms with E-state index >= 15 is 0 Å². The molecule has 1 heterocycles. The molecular weight excluding hydrogens is 240 g/mol. The second-order valence-corrected chi connectivity index (χ2v) is 5.16. The van der Waals surface area contributed by atoms with Gasteiger partial charge in [0.15, 0.2) is 0 Å². The predicted octanol–water partition coefficient (Wildman–Crippen LogP) is 2.65. The zero-order chi connectivity index (χ0) is 13.4. The Hall–Kier alpha value is -2.10. The summed E-state index contributed by atoms with van der Waals surface area (Å²) in [6.45, 7) is 3.95. The normalized spacial score (nSPS) is 21.2. The van der Waals surface area contributed by atoms with Crippen LogP contribution in [-0.4, -0.2) is 11.1 Å². The molecule has 0 bridgehead atoms. The number of aryl methyl sites for hydroxylation is 1. The first-order valence-corrected chi connectivity index (χ1v) is 6.47. The van der Waals surface area contributed by atoms with Crippen LogP contribution in [0.2, 0.25) is 0 Å². The Bertz CT molecular complexity index is 618. The first-order chi connectivity index (χ1) is 9.15. The van der Waals surface area contributed by atoms with Gasteiger partial charge in [-0.05, 0) is 30.4 Å². The zero-order valence-corrected chi connectivity index (χ0v) is 11.0. The van der Waals surface area contributed by atoms with Crippen LogP contribution in [0.4, 0.5) is 0 Å². The molecule has 1 amide bonds. The molecule has 98 valence electrons. The van der Waals surface area contributed by atoms with E-state index in [2.05, 4.69) is 29.5 Å². The van der Waals surface area contributed by atoms with Gasteiger partial charge in [-0.1, -0.05) is 36.3 Å². The fourth-order valence-corrected chi connectivity index (χ4v) is 2.70. The van der Waals surface area contributed by atoms with E-state index in [1.165, 1.54) is 11.1 Å². The van der Waals surface area contributed by atoms with Crippen LogP contribution in [0, 0.1) is 12.8 Å². The number of carbonyl (C=O) groups is 1. The molecule has 0 spiro atoms. The smallest absolute Gasteiger partial charge is 0.290 e. The minimum absolute atomic E-state index is 0.0501. The number of rotatable bonds is 2. The van der Waals surface area contributed by atoms with Crippen molar-refractivity contribution in [3.63, 3.8) is 0 Å². The van der Waals surface area contributed by atoms with Gasteiger partial charge in [-0.2, -0.15) is 0 Å². The lowest BCUT2D eigenvalue weighted by atomic mass is 10.0. The number of hydrogen-bond donors (Lipinski definition) is 1.